The molecule has 0 bridgehead atoms. The van der Waals surface area contributed by atoms with Crippen molar-refractivity contribution in [1.82, 2.24) is 4.57 Å². The summed E-state index contributed by atoms with van der Waals surface area (Å²) in [5.74, 6) is 0. The molecule has 0 N–H and O–H groups in total. The first kappa shape index (κ1) is 11.1. The predicted octanol–water partition coefficient (Wildman–Crippen LogP) is 1.21. The molecule has 0 radical (unpaired) electrons. The van der Waals surface area contributed by atoms with Crippen molar-refractivity contribution in [3.8, 4) is 0 Å². The minimum atomic E-state index is -3.67. The van der Waals surface area contributed by atoms with Crippen LogP contribution in [0.25, 0.3) is 0 Å². The van der Waals surface area contributed by atoms with Crippen molar-refractivity contribution in [3.63, 3.8) is 0 Å². The van der Waals surface area contributed by atoms with E-state index in [1.54, 1.807) is 0 Å². The molecule has 0 saturated carbocycles. The van der Waals surface area contributed by atoms with Crippen LogP contribution in [0.3, 0.4) is 0 Å². The van der Waals surface area contributed by atoms with Crippen molar-refractivity contribution < 1.29 is 17.5 Å². The van der Waals surface area contributed by atoms with E-state index in [2.05, 4.69) is 24.0 Å². The molecule has 2 nitrogen and oxygen atoms in total. The highest BCUT2D eigenvalue weighted by Crippen LogP contribution is 1.80. The Kier molecular flexibility index (Phi) is 5.24. The predicted molar refractivity (Wildman–Crippen MR) is 40.4 cm³/mol. The number of hydrogen-bond acceptors (Lipinski definition) is 0. The van der Waals surface area contributed by atoms with Gasteiger partial charge in [-0.3, -0.25) is 12.9 Å². The molecule has 0 amide bonds. The molecule has 1 aromatic rings. The van der Waals surface area contributed by atoms with Crippen molar-refractivity contribution in [2.24, 2.45) is 7.05 Å². The van der Waals surface area contributed by atoms with E-state index in [9.17, 15) is 12.9 Å². The van der Waals surface area contributed by atoms with Gasteiger partial charge >= 0.3 is 7.54 Å². The molecule has 1 rings (SSSR count). The molecule has 0 atom stereocenters. The lowest BCUT2D eigenvalue weighted by atomic mass is 10.5. The molecule has 0 spiro atoms. The Balaban J connectivity index is 0.000000261. The fourth-order valence-corrected chi connectivity index (χ4v) is 0.689. The van der Waals surface area contributed by atoms with Gasteiger partial charge in [0.25, 0.3) is 0 Å². The molecule has 6 heteroatoms. The summed E-state index contributed by atoms with van der Waals surface area (Å²) in [7, 11) is -1.65. The number of imidazole rings is 1. The molecule has 1 aromatic heterocycles. The Hall–Kier alpha value is -0.935. The summed E-state index contributed by atoms with van der Waals surface area (Å²) < 4.78 is 33.2. The van der Waals surface area contributed by atoms with Gasteiger partial charge < -0.3 is 0 Å². The summed E-state index contributed by atoms with van der Waals surface area (Å²) in [5.41, 5.74) is 0. The summed E-state index contributed by atoms with van der Waals surface area (Å²) in [6, 6.07) is 0. The van der Waals surface area contributed by atoms with Crippen molar-refractivity contribution in [1.29, 1.82) is 0 Å². The number of hydrogen-bond donors (Lipinski definition) is 0. The SMILES string of the molecule is CCn1cc[n+](C)c1.FB(F)F. The quantitative estimate of drug-likeness (QED) is 0.452. The third-order valence-electron chi connectivity index (χ3n) is 1.19. The molecule has 0 saturated heterocycles. The number of nitrogens with zero attached hydrogens (tertiary/aromatic N) is 2. The molecular formula is C6H11BF3N2+. The third-order valence-corrected chi connectivity index (χ3v) is 1.19. The van der Waals surface area contributed by atoms with Crippen molar-refractivity contribution >= 4 is 7.54 Å². The Morgan fingerprint density at radius 3 is 2.08 bits per heavy atom. The Labute approximate surface area is 69.8 Å². The summed E-state index contributed by atoms with van der Waals surface area (Å²) in [4.78, 5) is 0. The monoisotopic (exact) mass is 179 g/mol. The highest BCUT2D eigenvalue weighted by atomic mass is 19.4. The molecule has 12 heavy (non-hydrogen) atoms. The van der Waals surface area contributed by atoms with Crippen LogP contribution >= 0.6 is 0 Å². The van der Waals surface area contributed by atoms with Gasteiger partial charge in [-0.1, -0.05) is 0 Å². The zero-order valence-electron chi connectivity index (χ0n) is 7.04. The van der Waals surface area contributed by atoms with Crippen LogP contribution < -0.4 is 4.57 Å². The molecule has 0 aliphatic carbocycles. The number of rotatable bonds is 1. The van der Waals surface area contributed by atoms with E-state index in [4.69, 9.17) is 0 Å². The summed E-state index contributed by atoms with van der Waals surface area (Å²) in [5, 5.41) is 0. The highest BCUT2D eigenvalue weighted by Gasteiger charge is 2.06. The van der Waals surface area contributed by atoms with Crippen LogP contribution in [0.1, 0.15) is 6.92 Å². The van der Waals surface area contributed by atoms with Crippen molar-refractivity contribution in [3.05, 3.63) is 18.7 Å². The van der Waals surface area contributed by atoms with Gasteiger partial charge in [0.2, 0.25) is 6.33 Å². The van der Waals surface area contributed by atoms with Gasteiger partial charge in [-0.25, -0.2) is 9.13 Å². The van der Waals surface area contributed by atoms with E-state index in [-0.39, 0.29) is 0 Å². The molecule has 0 fully saturated rings. The lowest BCUT2D eigenvalue weighted by molar-refractivity contribution is -0.671. The van der Waals surface area contributed by atoms with Gasteiger partial charge in [-0.2, -0.15) is 0 Å². The second kappa shape index (κ2) is 5.68. The smallest absolute Gasteiger partial charge is 0.254 e. The first-order chi connectivity index (χ1) is 5.56. The molecule has 0 unspecified atom stereocenters. The molecular weight excluding hydrogens is 168 g/mol. The Morgan fingerprint density at radius 2 is 1.92 bits per heavy atom. The van der Waals surface area contributed by atoms with Gasteiger partial charge in [0.05, 0.1) is 13.6 Å². The van der Waals surface area contributed by atoms with Crippen LogP contribution in [0.5, 0.6) is 0 Å². The van der Waals surface area contributed by atoms with E-state index in [0.29, 0.717) is 0 Å². The molecule has 0 aliphatic rings. The maximum Gasteiger partial charge on any atom is 0.762 e. The average Bonchev–Trinajstić information content (AvgIpc) is 2.34. The summed E-state index contributed by atoms with van der Waals surface area (Å²) in [6.07, 6.45) is 6.14. The zero-order chi connectivity index (χ0) is 9.56. The first-order valence-electron chi connectivity index (χ1n) is 3.49. The second-order valence-electron chi connectivity index (χ2n) is 2.16. The second-order valence-corrected chi connectivity index (χ2v) is 2.16. The van der Waals surface area contributed by atoms with Gasteiger partial charge in [0.15, 0.2) is 0 Å². The van der Waals surface area contributed by atoms with E-state index in [1.807, 2.05) is 17.8 Å². The van der Waals surface area contributed by atoms with Gasteiger partial charge in [0.1, 0.15) is 12.4 Å². The number of aryl methyl sites for hydroxylation is 2. The lowest BCUT2D eigenvalue weighted by Gasteiger charge is -1.81. The molecule has 1 heterocycles. The largest absolute Gasteiger partial charge is 0.762 e. The third kappa shape index (κ3) is 5.82. The van der Waals surface area contributed by atoms with Gasteiger partial charge in [-0.05, 0) is 6.92 Å². The van der Waals surface area contributed by atoms with E-state index < -0.39 is 7.54 Å². The fourth-order valence-electron chi connectivity index (χ4n) is 0.689. The van der Waals surface area contributed by atoms with Crippen LogP contribution in [0, 0.1) is 0 Å². The standard InChI is InChI=1S/C6H11N2.BF3/c1-3-8-5-4-7(2)6-8;2-1(3)4/h4-6H,3H2,1-2H3;/q+1;. The van der Waals surface area contributed by atoms with E-state index in [0.717, 1.165) is 6.54 Å². The molecule has 0 aromatic carbocycles. The van der Waals surface area contributed by atoms with E-state index >= 15 is 0 Å². The van der Waals surface area contributed by atoms with E-state index in [1.165, 1.54) is 0 Å². The lowest BCUT2D eigenvalue weighted by Crippen LogP contribution is -2.23. The van der Waals surface area contributed by atoms with Gasteiger partial charge in [-0.15, -0.1) is 0 Å². The van der Waals surface area contributed by atoms with Crippen LogP contribution in [-0.4, -0.2) is 12.1 Å². The van der Waals surface area contributed by atoms with Crippen molar-refractivity contribution in [2.75, 3.05) is 0 Å². The first-order valence-corrected chi connectivity index (χ1v) is 3.49. The maximum absolute atomic E-state index is 9.67. The molecule has 68 valence electrons. The maximum atomic E-state index is 9.67. The number of aromatic nitrogens is 2. The zero-order valence-corrected chi connectivity index (χ0v) is 7.04. The van der Waals surface area contributed by atoms with Crippen LogP contribution in [-0.2, 0) is 13.6 Å². The Bertz CT molecular complexity index is 212. The highest BCUT2D eigenvalue weighted by molar-refractivity contribution is 6.33. The topological polar surface area (TPSA) is 8.81 Å². The van der Waals surface area contributed by atoms with Crippen LogP contribution in [0.15, 0.2) is 18.7 Å². The van der Waals surface area contributed by atoms with Crippen molar-refractivity contribution in [2.45, 2.75) is 13.5 Å². The fraction of sp³-hybridized carbons (Fsp3) is 0.500. The molecule has 0 aliphatic heterocycles. The average molecular weight is 179 g/mol. The summed E-state index contributed by atoms with van der Waals surface area (Å²) >= 11 is 0. The van der Waals surface area contributed by atoms with Crippen LogP contribution in [0.4, 0.5) is 12.9 Å². The number of halogens is 3. The normalized spacial score (nSPS) is 8.75. The Morgan fingerprint density at radius 1 is 1.42 bits per heavy atom. The minimum Gasteiger partial charge on any atom is -0.254 e. The summed E-state index contributed by atoms with van der Waals surface area (Å²) in [6.45, 7) is 3.18. The minimum absolute atomic E-state index is 1.06. The van der Waals surface area contributed by atoms with Gasteiger partial charge in [0, 0.05) is 0 Å². The van der Waals surface area contributed by atoms with Crippen LogP contribution in [0.2, 0.25) is 0 Å².